The monoisotopic (exact) mass is 296 g/mol. The first-order valence-electron chi connectivity index (χ1n) is 7.02. The van der Waals surface area contributed by atoms with Crippen molar-refractivity contribution in [2.45, 2.75) is 12.8 Å². The number of aromatic nitrogens is 2. The average Bonchev–Trinajstić information content (AvgIpc) is 2.91. The van der Waals surface area contributed by atoms with Gasteiger partial charge in [-0.05, 0) is 28.2 Å². The third-order valence-corrected chi connectivity index (χ3v) is 3.43. The van der Waals surface area contributed by atoms with Gasteiger partial charge in [-0.25, -0.2) is 4.63 Å². The fourth-order valence-electron chi connectivity index (χ4n) is 2.39. The van der Waals surface area contributed by atoms with Gasteiger partial charge in [0, 0.05) is 18.2 Å². The Morgan fingerprint density at radius 3 is 2.77 bits per heavy atom. The molecule has 0 bridgehead atoms. The second-order valence-electron chi connectivity index (χ2n) is 5.20. The second-order valence-corrected chi connectivity index (χ2v) is 5.20. The topological polar surface area (TPSA) is 94.0 Å². The first-order chi connectivity index (χ1) is 10.7. The fourth-order valence-corrected chi connectivity index (χ4v) is 2.39. The quantitative estimate of drug-likeness (QED) is 0.900. The fraction of sp³-hybridized carbons (Fsp3) is 0.188. The van der Waals surface area contributed by atoms with Crippen molar-refractivity contribution in [3.05, 3.63) is 53.7 Å². The van der Waals surface area contributed by atoms with E-state index in [2.05, 4.69) is 26.3 Å². The maximum absolute atomic E-state index is 11.9. The number of rotatable bonds is 4. The van der Waals surface area contributed by atoms with Crippen molar-refractivity contribution in [3.63, 3.8) is 0 Å². The Kier molecular flexibility index (Phi) is 4.00. The SMILES string of the molecule is Nc1nonc1NC1=CC(=O)CC(/C=C/c2ccccc2)C1. The Bertz CT molecular complexity index is 719. The van der Waals surface area contributed by atoms with E-state index in [-0.39, 0.29) is 17.5 Å². The number of nitrogens with two attached hydrogens (primary N) is 1. The van der Waals surface area contributed by atoms with Crippen LogP contribution in [0.15, 0.2) is 52.8 Å². The van der Waals surface area contributed by atoms with Crippen LogP contribution in [0.2, 0.25) is 0 Å². The first-order valence-corrected chi connectivity index (χ1v) is 7.02. The lowest BCUT2D eigenvalue weighted by Gasteiger charge is -2.19. The maximum Gasteiger partial charge on any atom is 0.219 e. The predicted octanol–water partition coefficient (Wildman–Crippen LogP) is 2.64. The molecule has 1 unspecified atom stereocenters. The molecular weight excluding hydrogens is 280 g/mol. The molecular formula is C16H16N4O2. The summed E-state index contributed by atoms with van der Waals surface area (Å²) in [5.41, 5.74) is 7.49. The van der Waals surface area contributed by atoms with Crippen LogP contribution in [0.3, 0.4) is 0 Å². The number of anilines is 2. The van der Waals surface area contributed by atoms with E-state index >= 15 is 0 Å². The van der Waals surface area contributed by atoms with E-state index in [1.807, 2.05) is 36.4 Å². The van der Waals surface area contributed by atoms with Crippen LogP contribution in [0.1, 0.15) is 18.4 Å². The molecule has 1 aromatic heterocycles. The lowest BCUT2D eigenvalue weighted by molar-refractivity contribution is -0.115. The van der Waals surface area contributed by atoms with Crippen molar-refractivity contribution in [1.29, 1.82) is 0 Å². The molecule has 0 fully saturated rings. The van der Waals surface area contributed by atoms with Crippen molar-refractivity contribution in [2.75, 3.05) is 11.1 Å². The summed E-state index contributed by atoms with van der Waals surface area (Å²) in [7, 11) is 0. The molecule has 0 saturated heterocycles. The molecule has 1 aromatic carbocycles. The number of allylic oxidation sites excluding steroid dienone is 3. The molecule has 0 radical (unpaired) electrons. The third kappa shape index (κ3) is 3.41. The largest absolute Gasteiger partial charge is 0.378 e. The highest BCUT2D eigenvalue weighted by molar-refractivity contribution is 5.92. The zero-order valence-electron chi connectivity index (χ0n) is 11.9. The van der Waals surface area contributed by atoms with Gasteiger partial charge in [-0.2, -0.15) is 0 Å². The summed E-state index contributed by atoms with van der Waals surface area (Å²) < 4.78 is 4.53. The number of benzene rings is 1. The van der Waals surface area contributed by atoms with E-state index in [1.165, 1.54) is 0 Å². The van der Waals surface area contributed by atoms with Crippen molar-refractivity contribution in [1.82, 2.24) is 10.3 Å². The Morgan fingerprint density at radius 1 is 1.23 bits per heavy atom. The Balaban J connectivity index is 1.69. The molecule has 0 amide bonds. The maximum atomic E-state index is 11.9. The zero-order chi connectivity index (χ0) is 15.4. The highest BCUT2D eigenvalue weighted by Crippen LogP contribution is 2.26. The molecule has 3 N–H and O–H groups in total. The van der Waals surface area contributed by atoms with Crippen LogP contribution in [0.4, 0.5) is 11.6 Å². The highest BCUT2D eigenvalue weighted by atomic mass is 16.6. The summed E-state index contributed by atoms with van der Waals surface area (Å²) in [5.74, 6) is 0.731. The predicted molar refractivity (Wildman–Crippen MR) is 83.6 cm³/mol. The number of carbonyl (C=O) groups is 1. The summed E-state index contributed by atoms with van der Waals surface area (Å²) in [6, 6.07) is 10.00. The van der Waals surface area contributed by atoms with E-state index in [9.17, 15) is 4.79 Å². The summed E-state index contributed by atoms with van der Waals surface area (Å²) in [5, 5.41) is 10.2. The molecule has 3 rings (SSSR count). The summed E-state index contributed by atoms with van der Waals surface area (Å²) in [6.07, 6.45) is 6.89. The van der Waals surface area contributed by atoms with E-state index in [0.29, 0.717) is 18.7 Å². The number of nitrogens with zero attached hydrogens (tertiary/aromatic N) is 2. The van der Waals surface area contributed by atoms with Gasteiger partial charge in [-0.3, -0.25) is 4.79 Å². The Morgan fingerprint density at radius 2 is 2.05 bits per heavy atom. The van der Waals surface area contributed by atoms with E-state index in [0.717, 1.165) is 11.3 Å². The molecule has 112 valence electrons. The van der Waals surface area contributed by atoms with E-state index in [1.54, 1.807) is 6.08 Å². The Labute approximate surface area is 127 Å². The van der Waals surface area contributed by atoms with Crippen LogP contribution in [-0.2, 0) is 4.79 Å². The summed E-state index contributed by atoms with van der Waals surface area (Å²) in [4.78, 5) is 11.9. The molecule has 0 saturated carbocycles. The van der Waals surface area contributed by atoms with Gasteiger partial charge in [-0.1, -0.05) is 42.5 Å². The first kappa shape index (κ1) is 14.1. The lowest BCUT2D eigenvalue weighted by atomic mass is 9.90. The van der Waals surface area contributed by atoms with Gasteiger partial charge in [0.25, 0.3) is 0 Å². The van der Waals surface area contributed by atoms with Gasteiger partial charge in [0.1, 0.15) is 0 Å². The minimum atomic E-state index is 0.0755. The molecule has 22 heavy (non-hydrogen) atoms. The minimum absolute atomic E-state index is 0.0755. The van der Waals surface area contributed by atoms with Gasteiger partial charge in [-0.15, -0.1) is 0 Å². The molecule has 1 aliphatic rings. The van der Waals surface area contributed by atoms with Crippen molar-refractivity contribution in [3.8, 4) is 0 Å². The lowest BCUT2D eigenvalue weighted by Crippen LogP contribution is -2.17. The second kappa shape index (κ2) is 6.26. The number of hydrogen-bond donors (Lipinski definition) is 2. The molecule has 1 atom stereocenters. The number of nitrogen functional groups attached to an aromatic ring is 1. The van der Waals surface area contributed by atoms with Crippen molar-refractivity contribution >= 4 is 23.5 Å². The van der Waals surface area contributed by atoms with Crippen molar-refractivity contribution in [2.24, 2.45) is 5.92 Å². The van der Waals surface area contributed by atoms with Gasteiger partial charge in [0.05, 0.1) is 0 Å². The molecule has 2 aromatic rings. The normalized spacial score (nSPS) is 18.5. The molecule has 6 nitrogen and oxygen atoms in total. The van der Waals surface area contributed by atoms with Gasteiger partial charge in [0.15, 0.2) is 5.78 Å². The summed E-state index contributed by atoms with van der Waals surface area (Å²) >= 11 is 0. The standard InChI is InChI=1S/C16H16N4O2/c17-15-16(20-22-19-15)18-13-8-12(9-14(21)10-13)7-6-11-4-2-1-3-5-11/h1-7,10,12H,8-9H2,(H2,17,19)(H,18,20)/b7-6+. The molecule has 0 aliphatic heterocycles. The van der Waals surface area contributed by atoms with Crippen LogP contribution in [0, 0.1) is 5.92 Å². The summed E-state index contributed by atoms with van der Waals surface area (Å²) in [6.45, 7) is 0. The van der Waals surface area contributed by atoms with Gasteiger partial charge >= 0.3 is 0 Å². The van der Waals surface area contributed by atoms with Crippen LogP contribution >= 0.6 is 0 Å². The molecule has 1 aliphatic carbocycles. The Hall–Kier alpha value is -2.89. The van der Waals surface area contributed by atoms with E-state index in [4.69, 9.17) is 5.73 Å². The van der Waals surface area contributed by atoms with Gasteiger partial charge < -0.3 is 11.1 Å². The minimum Gasteiger partial charge on any atom is -0.378 e. The van der Waals surface area contributed by atoms with E-state index < -0.39 is 0 Å². The molecule has 1 heterocycles. The average molecular weight is 296 g/mol. The van der Waals surface area contributed by atoms with Crippen LogP contribution in [0.5, 0.6) is 0 Å². The molecule has 6 heteroatoms. The number of carbonyl (C=O) groups excluding carboxylic acids is 1. The van der Waals surface area contributed by atoms with Crippen LogP contribution < -0.4 is 11.1 Å². The smallest absolute Gasteiger partial charge is 0.219 e. The number of ketones is 1. The van der Waals surface area contributed by atoms with Crippen LogP contribution in [0.25, 0.3) is 6.08 Å². The highest BCUT2D eigenvalue weighted by Gasteiger charge is 2.20. The van der Waals surface area contributed by atoms with Gasteiger partial charge in [0.2, 0.25) is 11.6 Å². The molecule has 0 spiro atoms. The number of nitrogens with one attached hydrogen (secondary N) is 1. The zero-order valence-corrected chi connectivity index (χ0v) is 11.9. The number of hydrogen-bond acceptors (Lipinski definition) is 6. The van der Waals surface area contributed by atoms with Crippen LogP contribution in [-0.4, -0.2) is 16.1 Å². The van der Waals surface area contributed by atoms with Crippen molar-refractivity contribution < 1.29 is 9.42 Å². The third-order valence-electron chi connectivity index (χ3n) is 3.43.